The summed E-state index contributed by atoms with van der Waals surface area (Å²) in [6.07, 6.45) is 0. The number of aryl methyl sites for hydroxylation is 1. The van der Waals surface area contributed by atoms with Gasteiger partial charge in [-0.3, -0.25) is 0 Å². The van der Waals surface area contributed by atoms with Crippen molar-refractivity contribution in [2.75, 3.05) is 0 Å². The van der Waals surface area contributed by atoms with Crippen molar-refractivity contribution in [3.63, 3.8) is 0 Å². The summed E-state index contributed by atoms with van der Waals surface area (Å²) < 4.78 is 0. The molecule has 0 aliphatic carbocycles. The highest BCUT2D eigenvalue weighted by atomic mass is 16.3. The fraction of sp³-hybridized carbons (Fsp3) is 0.0714. The number of aromatic hydroxyl groups is 2. The highest BCUT2D eigenvalue weighted by Crippen LogP contribution is 2.35. The van der Waals surface area contributed by atoms with E-state index in [1.165, 1.54) is 6.07 Å². The molecule has 0 radical (unpaired) electrons. The maximum atomic E-state index is 9.82. The fourth-order valence-corrected chi connectivity index (χ4v) is 1.97. The molecule has 0 bridgehead atoms. The largest absolute Gasteiger partial charge is 0.504 e. The van der Waals surface area contributed by atoms with Crippen LogP contribution in [0.3, 0.4) is 0 Å². The summed E-state index contributed by atoms with van der Waals surface area (Å²) in [5.41, 5.74) is 3.37. The number of aromatic nitrogens is 2. The van der Waals surface area contributed by atoms with Crippen LogP contribution in [0.4, 0.5) is 0 Å². The molecule has 2 aromatic carbocycles. The van der Waals surface area contributed by atoms with Crippen molar-refractivity contribution in [2.45, 2.75) is 6.92 Å². The molecule has 4 heteroatoms. The number of imidazole rings is 1. The first-order valence-corrected chi connectivity index (χ1v) is 5.63. The second kappa shape index (κ2) is 3.77. The van der Waals surface area contributed by atoms with Crippen LogP contribution in [0.5, 0.6) is 11.5 Å². The molecule has 0 spiro atoms. The Hall–Kier alpha value is -2.49. The minimum absolute atomic E-state index is 0.149. The maximum absolute atomic E-state index is 9.82. The highest BCUT2D eigenvalue weighted by molar-refractivity contribution is 5.81. The van der Waals surface area contributed by atoms with E-state index in [1.807, 2.05) is 25.1 Å². The van der Waals surface area contributed by atoms with Gasteiger partial charge in [-0.1, -0.05) is 12.1 Å². The van der Waals surface area contributed by atoms with Gasteiger partial charge in [0.2, 0.25) is 0 Å². The summed E-state index contributed by atoms with van der Waals surface area (Å²) in [5.74, 6) is 0.237. The molecule has 0 unspecified atom stereocenters. The van der Waals surface area contributed by atoms with Crippen LogP contribution in [0, 0.1) is 6.92 Å². The predicted molar refractivity (Wildman–Crippen MR) is 69.6 cm³/mol. The number of phenolic OH excluding ortho intramolecular Hbond substituents is 2. The molecule has 0 aliphatic rings. The first kappa shape index (κ1) is 10.7. The fourth-order valence-electron chi connectivity index (χ4n) is 1.97. The van der Waals surface area contributed by atoms with E-state index < -0.39 is 0 Å². The van der Waals surface area contributed by atoms with Crippen molar-refractivity contribution in [2.24, 2.45) is 0 Å². The standard InChI is InChI=1S/C14H12N2O2/c1-8-5-6-10-11(7-8)16-14(15-10)9-3-2-4-12(17)13(9)18/h2-7,17-18H,1H3,(H,15,16). The number of aromatic amines is 1. The minimum atomic E-state index is -0.159. The first-order chi connectivity index (χ1) is 8.65. The molecule has 0 amide bonds. The molecular weight excluding hydrogens is 228 g/mol. The molecule has 0 aliphatic heterocycles. The number of benzene rings is 2. The summed E-state index contributed by atoms with van der Waals surface area (Å²) in [4.78, 5) is 7.54. The van der Waals surface area contributed by atoms with Crippen molar-refractivity contribution >= 4 is 11.0 Å². The monoisotopic (exact) mass is 240 g/mol. The number of para-hydroxylation sites is 1. The van der Waals surface area contributed by atoms with Crippen LogP contribution in [-0.4, -0.2) is 20.2 Å². The van der Waals surface area contributed by atoms with E-state index >= 15 is 0 Å². The van der Waals surface area contributed by atoms with Gasteiger partial charge < -0.3 is 15.2 Å². The van der Waals surface area contributed by atoms with Crippen LogP contribution in [0.1, 0.15) is 5.56 Å². The van der Waals surface area contributed by atoms with Gasteiger partial charge in [-0.2, -0.15) is 0 Å². The summed E-state index contributed by atoms with van der Waals surface area (Å²) in [5, 5.41) is 19.3. The topological polar surface area (TPSA) is 69.1 Å². The highest BCUT2D eigenvalue weighted by Gasteiger charge is 2.12. The first-order valence-electron chi connectivity index (χ1n) is 5.63. The van der Waals surface area contributed by atoms with Crippen LogP contribution in [-0.2, 0) is 0 Å². The lowest BCUT2D eigenvalue weighted by atomic mass is 10.2. The van der Waals surface area contributed by atoms with E-state index in [2.05, 4.69) is 9.97 Å². The molecule has 1 heterocycles. The Morgan fingerprint density at radius 2 is 1.94 bits per heavy atom. The van der Waals surface area contributed by atoms with Gasteiger partial charge in [-0.25, -0.2) is 4.98 Å². The number of H-pyrrole nitrogens is 1. The normalized spacial score (nSPS) is 10.9. The van der Waals surface area contributed by atoms with Gasteiger partial charge in [0.25, 0.3) is 0 Å². The molecule has 3 rings (SSSR count). The van der Waals surface area contributed by atoms with E-state index in [1.54, 1.807) is 12.1 Å². The Kier molecular flexibility index (Phi) is 2.23. The number of fused-ring (bicyclic) bond motifs is 1. The van der Waals surface area contributed by atoms with Crippen LogP contribution in [0.25, 0.3) is 22.4 Å². The zero-order chi connectivity index (χ0) is 12.7. The Morgan fingerprint density at radius 3 is 2.78 bits per heavy atom. The van der Waals surface area contributed by atoms with Crippen molar-refractivity contribution in [3.8, 4) is 22.9 Å². The lowest BCUT2D eigenvalue weighted by molar-refractivity contribution is 0.405. The maximum Gasteiger partial charge on any atom is 0.168 e. The lowest BCUT2D eigenvalue weighted by Crippen LogP contribution is -1.81. The summed E-state index contributed by atoms with van der Waals surface area (Å²) in [7, 11) is 0. The molecule has 18 heavy (non-hydrogen) atoms. The molecule has 0 fully saturated rings. The number of nitrogens with one attached hydrogen (secondary N) is 1. The van der Waals surface area contributed by atoms with E-state index in [0.717, 1.165) is 16.6 Å². The van der Waals surface area contributed by atoms with Gasteiger partial charge in [-0.05, 0) is 36.8 Å². The van der Waals surface area contributed by atoms with Gasteiger partial charge >= 0.3 is 0 Å². The Morgan fingerprint density at radius 1 is 1.11 bits per heavy atom. The Balaban J connectivity index is 2.22. The number of hydrogen-bond donors (Lipinski definition) is 3. The summed E-state index contributed by atoms with van der Waals surface area (Å²) in [6, 6.07) is 10.7. The SMILES string of the molecule is Cc1ccc2nc(-c3cccc(O)c3O)[nH]c2c1. The third kappa shape index (κ3) is 1.59. The van der Waals surface area contributed by atoms with E-state index in [0.29, 0.717) is 11.4 Å². The number of rotatable bonds is 1. The molecule has 4 nitrogen and oxygen atoms in total. The predicted octanol–water partition coefficient (Wildman–Crippen LogP) is 2.95. The molecular formula is C14H12N2O2. The van der Waals surface area contributed by atoms with E-state index in [4.69, 9.17) is 0 Å². The average molecular weight is 240 g/mol. The van der Waals surface area contributed by atoms with Crippen molar-refractivity contribution in [1.29, 1.82) is 0 Å². The van der Waals surface area contributed by atoms with Crippen LogP contribution < -0.4 is 0 Å². The zero-order valence-electron chi connectivity index (χ0n) is 9.81. The van der Waals surface area contributed by atoms with Gasteiger partial charge in [-0.15, -0.1) is 0 Å². The van der Waals surface area contributed by atoms with Crippen molar-refractivity contribution in [3.05, 3.63) is 42.0 Å². The third-order valence-electron chi connectivity index (χ3n) is 2.91. The summed E-state index contributed by atoms with van der Waals surface area (Å²) in [6.45, 7) is 2.01. The van der Waals surface area contributed by atoms with Gasteiger partial charge in [0, 0.05) is 0 Å². The van der Waals surface area contributed by atoms with Crippen molar-refractivity contribution < 1.29 is 10.2 Å². The van der Waals surface area contributed by atoms with E-state index in [-0.39, 0.29) is 11.5 Å². The van der Waals surface area contributed by atoms with Crippen molar-refractivity contribution in [1.82, 2.24) is 9.97 Å². The van der Waals surface area contributed by atoms with E-state index in [9.17, 15) is 10.2 Å². The van der Waals surface area contributed by atoms with Crippen LogP contribution >= 0.6 is 0 Å². The average Bonchev–Trinajstić information content (AvgIpc) is 2.75. The van der Waals surface area contributed by atoms with Gasteiger partial charge in [0.1, 0.15) is 5.82 Å². The molecule has 0 atom stereocenters. The number of phenols is 2. The summed E-state index contributed by atoms with van der Waals surface area (Å²) >= 11 is 0. The molecule has 90 valence electrons. The van der Waals surface area contributed by atoms with Crippen LogP contribution in [0.15, 0.2) is 36.4 Å². The van der Waals surface area contributed by atoms with Gasteiger partial charge in [0.15, 0.2) is 11.5 Å². The number of hydrogen-bond acceptors (Lipinski definition) is 3. The zero-order valence-corrected chi connectivity index (χ0v) is 9.81. The molecule has 3 N–H and O–H groups in total. The Labute approximate surface area is 104 Å². The quantitative estimate of drug-likeness (QED) is 0.573. The number of nitrogens with zero attached hydrogens (tertiary/aromatic N) is 1. The van der Waals surface area contributed by atoms with Gasteiger partial charge in [0.05, 0.1) is 16.6 Å². The molecule has 0 saturated heterocycles. The second-order valence-electron chi connectivity index (χ2n) is 4.28. The Bertz CT molecular complexity index is 732. The molecule has 0 saturated carbocycles. The molecule has 1 aromatic heterocycles. The second-order valence-corrected chi connectivity index (χ2v) is 4.28. The lowest BCUT2D eigenvalue weighted by Gasteiger charge is -2.02. The smallest absolute Gasteiger partial charge is 0.168 e. The third-order valence-corrected chi connectivity index (χ3v) is 2.91. The minimum Gasteiger partial charge on any atom is -0.504 e. The molecule has 3 aromatic rings. The van der Waals surface area contributed by atoms with Crippen LogP contribution in [0.2, 0.25) is 0 Å².